The summed E-state index contributed by atoms with van der Waals surface area (Å²) in [5.74, 6) is 0.163. The molecule has 1 heterocycles. The van der Waals surface area contributed by atoms with Gasteiger partial charge in [-0.15, -0.1) is 11.6 Å². The number of alkyl halides is 1. The summed E-state index contributed by atoms with van der Waals surface area (Å²) in [6, 6.07) is 5.08. The van der Waals surface area contributed by atoms with Crippen LogP contribution in [0.3, 0.4) is 0 Å². The van der Waals surface area contributed by atoms with Gasteiger partial charge in [0.25, 0.3) is 0 Å². The molecule has 0 amide bonds. The van der Waals surface area contributed by atoms with Crippen LogP contribution in [0, 0.1) is 5.82 Å². The first-order valence-electron chi connectivity index (χ1n) is 6.05. The predicted molar refractivity (Wildman–Crippen MR) is 70.3 cm³/mol. The Labute approximate surface area is 107 Å². The second-order valence-electron chi connectivity index (χ2n) is 4.37. The predicted octanol–water partition coefficient (Wildman–Crippen LogP) is 2.71. The van der Waals surface area contributed by atoms with Crippen molar-refractivity contribution in [3.63, 3.8) is 0 Å². The maximum atomic E-state index is 13.4. The molecular weight excluding hydrogens is 239 g/mol. The second kappa shape index (κ2) is 5.69. The summed E-state index contributed by atoms with van der Waals surface area (Å²) in [5.41, 5.74) is 1.80. The van der Waals surface area contributed by atoms with Crippen LogP contribution in [0.15, 0.2) is 18.2 Å². The van der Waals surface area contributed by atoms with Crippen LogP contribution in [0.25, 0.3) is 0 Å². The Morgan fingerprint density at radius 1 is 1.18 bits per heavy atom. The zero-order chi connectivity index (χ0) is 12.3. The smallest absolute Gasteiger partial charge is 0.125 e. The van der Waals surface area contributed by atoms with Gasteiger partial charge in [-0.05, 0) is 30.3 Å². The minimum Gasteiger partial charge on any atom is -0.369 e. The van der Waals surface area contributed by atoms with Crippen LogP contribution < -0.4 is 4.90 Å². The van der Waals surface area contributed by atoms with Crippen molar-refractivity contribution in [1.29, 1.82) is 0 Å². The quantitative estimate of drug-likeness (QED) is 0.768. The van der Waals surface area contributed by atoms with E-state index in [2.05, 4.69) is 16.7 Å². The summed E-state index contributed by atoms with van der Waals surface area (Å²) in [6.45, 7) is 7.26. The van der Waals surface area contributed by atoms with Gasteiger partial charge in [0, 0.05) is 37.7 Å². The molecule has 0 aliphatic carbocycles. The third-order valence-corrected chi connectivity index (χ3v) is 3.59. The molecule has 1 aliphatic rings. The van der Waals surface area contributed by atoms with Crippen LogP contribution in [0.5, 0.6) is 0 Å². The molecule has 4 heteroatoms. The van der Waals surface area contributed by atoms with Crippen molar-refractivity contribution in [1.82, 2.24) is 4.90 Å². The van der Waals surface area contributed by atoms with E-state index in [9.17, 15) is 4.39 Å². The Hall–Kier alpha value is -0.800. The minimum atomic E-state index is -0.198. The Kier molecular flexibility index (Phi) is 4.24. The summed E-state index contributed by atoms with van der Waals surface area (Å²) in [5, 5.41) is 0. The van der Waals surface area contributed by atoms with Crippen molar-refractivity contribution in [3.8, 4) is 0 Å². The van der Waals surface area contributed by atoms with Gasteiger partial charge in [-0.25, -0.2) is 4.39 Å². The molecule has 1 aromatic carbocycles. The zero-order valence-corrected chi connectivity index (χ0v) is 10.9. The average molecular weight is 257 g/mol. The van der Waals surface area contributed by atoms with E-state index in [0.29, 0.717) is 5.88 Å². The third-order valence-electron chi connectivity index (χ3n) is 3.28. The normalized spacial score (nSPS) is 17.5. The number of likely N-dealkylation sites (N-methyl/N-ethyl adjacent to an activating group) is 1. The van der Waals surface area contributed by atoms with Crippen molar-refractivity contribution < 1.29 is 4.39 Å². The van der Waals surface area contributed by atoms with E-state index >= 15 is 0 Å². The molecule has 1 fully saturated rings. The molecule has 0 spiro atoms. The van der Waals surface area contributed by atoms with Gasteiger partial charge in [-0.2, -0.15) is 0 Å². The molecule has 0 atom stereocenters. The lowest BCUT2D eigenvalue weighted by atomic mass is 10.2. The lowest BCUT2D eigenvalue weighted by molar-refractivity contribution is 0.271. The van der Waals surface area contributed by atoms with Gasteiger partial charge in [0.2, 0.25) is 0 Å². The van der Waals surface area contributed by atoms with Gasteiger partial charge >= 0.3 is 0 Å². The van der Waals surface area contributed by atoms with E-state index in [4.69, 9.17) is 11.6 Å². The maximum Gasteiger partial charge on any atom is 0.125 e. The molecule has 2 rings (SSSR count). The van der Waals surface area contributed by atoms with Gasteiger partial charge in [0.15, 0.2) is 0 Å². The SMILES string of the molecule is CCN1CCN(c2cc(F)cc(CCl)c2)CC1. The minimum absolute atomic E-state index is 0.198. The molecule has 0 unspecified atom stereocenters. The number of benzene rings is 1. The number of hydrogen-bond donors (Lipinski definition) is 0. The highest BCUT2D eigenvalue weighted by Gasteiger charge is 2.16. The summed E-state index contributed by atoms with van der Waals surface area (Å²) < 4.78 is 13.4. The zero-order valence-electron chi connectivity index (χ0n) is 10.1. The molecule has 1 aliphatic heterocycles. The first-order chi connectivity index (χ1) is 8.22. The average Bonchev–Trinajstić information content (AvgIpc) is 2.38. The van der Waals surface area contributed by atoms with E-state index in [1.165, 1.54) is 6.07 Å². The van der Waals surface area contributed by atoms with E-state index < -0.39 is 0 Å². The summed E-state index contributed by atoms with van der Waals surface area (Å²) in [4.78, 5) is 4.63. The molecule has 1 aromatic rings. The first kappa shape index (κ1) is 12.7. The summed E-state index contributed by atoms with van der Waals surface area (Å²) >= 11 is 5.76. The number of hydrogen-bond acceptors (Lipinski definition) is 2. The monoisotopic (exact) mass is 256 g/mol. The molecule has 0 bridgehead atoms. The van der Waals surface area contributed by atoms with Crippen molar-refractivity contribution >= 4 is 17.3 Å². The fourth-order valence-electron chi connectivity index (χ4n) is 2.22. The lowest BCUT2D eigenvalue weighted by Gasteiger charge is -2.35. The van der Waals surface area contributed by atoms with Gasteiger partial charge in [-0.3, -0.25) is 0 Å². The fourth-order valence-corrected chi connectivity index (χ4v) is 2.37. The standard InChI is InChI=1S/C13H18ClFN2/c1-2-16-3-5-17(6-4-16)13-8-11(10-14)7-12(15)9-13/h7-9H,2-6,10H2,1H3. The molecule has 1 saturated heterocycles. The van der Waals surface area contributed by atoms with Crippen molar-refractivity contribution in [2.45, 2.75) is 12.8 Å². The molecule has 0 N–H and O–H groups in total. The van der Waals surface area contributed by atoms with Crippen LogP contribution in [0.2, 0.25) is 0 Å². The molecule has 94 valence electrons. The van der Waals surface area contributed by atoms with Crippen LogP contribution in [-0.4, -0.2) is 37.6 Å². The Morgan fingerprint density at radius 3 is 2.47 bits per heavy atom. The number of anilines is 1. The van der Waals surface area contributed by atoms with Gasteiger partial charge in [0.1, 0.15) is 5.82 Å². The highest BCUT2D eigenvalue weighted by molar-refractivity contribution is 6.17. The number of nitrogens with zero attached hydrogens (tertiary/aromatic N) is 2. The van der Waals surface area contributed by atoms with E-state index in [0.717, 1.165) is 44.0 Å². The number of piperazine rings is 1. The Morgan fingerprint density at radius 2 is 1.88 bits per heavy atom. The van der Waals surface area contributed by atoms with E-state index in [1.807, 2.05) is 6.07 Å². The van der Waals surface area contributed by atoms with Crippen LogP contribution in [0.1, 0.15) is 12.5 Å². The largest absolute Gasteiger partial charge is 0.369 e. The molecule has 17 heavy (non-hydrogen) atoms. The van der Waals surface area contributed by atoms with Crippen LogP contribution >= 0.6 is 11.6 Å². The van der Waals surface area contributed by atoms with Gasteiger partial charge in [-0.1, -0.05) is 6.92 Å². The summed E-state index contributed by atoms with van der Waals surface area (Å²) in [6.07, 6.45) is 0. The number of rotatable bonds is 3. The van der Waals surface area contributed by atoms with E-state index in [-0.39, 0.29) is 5.82 Å². The van der Waals surface area contributed by atoms with Crippen LogP contribution in [0.4, 0.5) is 10.1 Å². The molecular formula is C13H18ClFN2. The third kappa shape index (κ3) is 3.11. The second-order valence-corrected chi connectivity index (χ2v) is 4.64. The Bertz CT molecular complexity index is 376. The maximum absolute atomic E-state index is 13.4. The highest BCUT2D eigenvalue weighted by Crippen LogP contribution is 2.21. The fraction of sp³-hybridized carbons (Fsp3) is 0.538. The van der Waals surface area contributed by atoms with Gasteiger partial charge in [0.05, 0.1) is 0 Å². The number of halogens is 2. The van der Waals surface area contributed by atoms with Crippen molar-refractivity contribution in [3.05, 3.63) is 29.6 Å². The van der Waals surface area contributed by atoms with Crippen molar-refractivity contribution in [2.24, 2.45) is 0 Å². The van der Waals surface area contributed by atoms with E-state index in [1.54, 1.807) is 6.07 Å². The topological polar surface area (TPSA) is 6.48 Å². The summed E-state index contributed by atoms with van der Waals surface area (Å²) in [7, 11) is 0. The first-order valence-corrected chi connectivity index (χ1v) is 6.59. The van der Waals surface area contributed by atoms with Crippen molar-refractivity contribution in [2.75, 3.05) is 37.6 Å². The highest BCUT2D eigenvalue weighted by atomic mass is 35.5. The molecule has 0 saturated carbocycles. The van der Waals surface area contributed by atoms with Crippen LogP contribution in [-0.2, 0) is 5.88 Å². The van der Waals surface area contributed by atoms with Gasteiger partial charge < -0.3 is 9.80 Å². The molecule has 0 radical (unpaired) electrons. The Balaban J connectivity index is 2.10. The lowest BCUT2D eigenvalue weighted by Crippen LogP contribution is -2.46. The molecule has 2 nitrogen and oxygen atoms in total. The molecule has 0 aromatic heterocycles.